The Balaban J connectivity index is 1.80. The molecule has 4 rings (SSSR count). The van der Waals surface area contributed by atoms with Crippen molar-refractivity contribution in [2.45, 2.75) is 38.1 Å². The highest BCUT2D eigenvalue weighted by molar-refractivity contribution is 6.23. The number of fused-ring (bicyclic) bond motifs is 5. The maximum Gasteiger partial charge on any atom is 0.437 e. The Labute approximate surface area is 122 Å². The van der Waals surface area contributed by atoms with Crippen LogP contribution in [0.1, 0.15) is 24.2 Å². The highest BCUT2D eigenvalue weighted by Gasteiger charge is 2.63. The van der Waals surface area contributed by atoms with Crippen LogP contribution >= 0.6 is 0 Å². The summed E-state index contributed by atoms with van der Waals surface area (Å²) >= 11 is 0. The van der Waals surface area contributed by atoms with Crippen LogP contribution in [0.25, 0.3) is 0 Å². The van der Waals surface area contributed by atoms with Crippen molar-refractivity contribution in [3.63, 3.8) is 0 Å². The number of nitrogens with one attached hydrogen (secondary N) is 1. The number of imide groups is 1. The predicted molar refractivity (Wildman–Crippen MR) is 65.7 cm³/mol. The zero-order chi connectivity index (χ0) is 15.8. The van der Waals surface area contributed by atoms with Gasteiger partial charge in [-0.05, 0) is 19.8 Å². The zero-order valence-corrected chi connectivity index (χ0v) is 11.5. The third-order valence-corrected chi connectivity index (χ3v) is 4.69. The Morgan fingerprint density at radius 1 is 1.18 bits per heavy atom. The first kappa shape index (κ1) is 13.7. The van der Waals surface area contributed by atoms with Crippen molar-refractivity contribution >= 4 is 17.5 Å². The molecule has 1 aromatic heterocycles. The van der Waals surface area contributed by atoms with E-state index in [0.29, 0.717) is 17.7 Å². The standard InChI is InChI=1S/C13H12F3N3O3/c1-4-9(10(18-17-4)13(14,15)16)19-11(20)7-5-2-3-6(22-5)8(7)12(19)21/h5-8H,2-3H2,1H3,(H,17,18)/t5-,6-,7-,8-/m1/s1. The molecule has 6 nitrogen and oxygen atoms in total. The summed E-state index contributed by atoms with van der Waals surface area (Å²) in [5.41, 5.74) is -1.67. The molecule has 0 saturated carbocycles. The minimum absolute atomic E-state index is 0.0438. The molecule has 0 spiro atoms. The van der Waals surface area contributed by atoms with Crippen molar-refractivity contribution in [1.29, 1.82) is 0 Å². The fourth-order valence-corrected chi connectivity index (χ4v) is 3.83. The van der Waals surface area contributed by atoms with E-state index in [0.717, 1.165) is 0 Å². The summed E-state index contributed by atoms with van der Waals surface area (Å²) in [6.07, 6.45) is -4.14. The van der Waals surface area contributed by atoms with Gasteiger partial charge in [0.25, 0.3) is 0 Å². The Morgan fingerprint density at radius 2 is 1.73 bits per heavy atom. The summed E-state index contributed by atoms with van der Waals surface area (Å²) < 4.78 is 44.8. The Kier molecular flexibility index (Phi) is 2.56. The fourth-order valence-electron chi connectivity index (χ4n) is 3.83. The number of nitrogens with zero attached hydrogens (tertiary/aromatic N) is 2. The monoisotopic (exact) mass is 315 g/mol. The minimum Gasteiger partial charge on any atom is -0.373 e. The van der Waals surface area contributed by atoms with E-state index in [4.69, 9.17) is 4.74 Å². The van der Waals surface area contributed by atoms with Gasteiger partial charge in [0, 0.05) is 0 Å². The summed E-state index contributed by atoms with van der Waals surface area (Å²) in [5, 5.41) is 5.44. The van der Waals surface area contributed by atoms with Crippen molar-refractivity contribution in [3.8, 4) is 0 Å². The normalized spacial score (nSPS) is 33.9. The van der Waals surface area contributed by atoms with Crippen molar-refractivity contribution < 1.29 is 27.5 Å². The summed E-state index contributed by atoms with van der Waals surface area (Å²) in [4.78, 5) is 25.7. The Hall–Kier alpha value is -1.90. The number of carbonyl (C=O) groups excluding carboxylic acids is 2. The number of anilines is 1. The maximum atomic E-state index is 13.1. The lowest BCUT2D eigenvalue weighted by Gasteiger charge is -2.19. The first-order valence-corrected chi connectivity index (χ1v) is 6.96. The molecule has 0 unspecified atom stereocenters. The fraction of sp³-hybridized carbons (Fsp3) is 0.615. The van der Waals surface area contributed by atoms with Gasteiger partial charge in [0.15, 0.2) is 5.69 Å². The summed E-state index contributed by atoms with van der Waals surface area (Å²) in [6, 6.07) is 0. The average molecular weight is 315 g/mol. The number of amides is 2. The maximum absolute atomic E-state index is 13.1. The number of ether oxygens (including phenoxy) is 1. The summed E-state index contributed by atoms with van der Waals surface area (Å²) in [6.45, 7) is 1.36. The Morgan fingerprint density at radius 3 is 2.23 bits per heavy atom. The van der Waals surface area contributed by atoms with E-state index in [1.165, 1.54) is 6.92 Å². The highest BCUT2D eigenvalue weighted by Crippen LogP contribution is 2.50. The molecule has 3 fully saturated rings. The second-order valence-corrected chi connectivity index (χ2v) is 5.90. The number of halogens is 3. The van der Waals surface area contributed by atoms with Gasteiger partial charge in [-0.1, -0.05) is 0 Å². The molecule has 2 bridgehead atoms. The molecule has 0 aliphatic carbocycles. The number of alkyl halides is 3. The smallest absolute Gasteiger partial charge is 0.373 e. The highest BCUT2D eigenvalue weighted by atomic mass is 19.4. The number of H-pyrrole nitrogens is 1. The first-order valence-electron chi connectivity index (χ1n) is 6.96. The SMILES string of the molecule is Cc1[nH]nc(C(F)(F)F)c1N1C(=O)[C@H]2[C@H](C1=O)[C@H]1CC[C@H]2O1. The van der Waals surface area contributed by atoms with Crippen LogP contribution in [0.2, 0.25) is 0 Å². The molecular weight excluding hydrogens is 303 g/mol. The van der Waals surface area contributed by atoms with E-state index in [-0.39, 0.29) is 17.9 Å². The molecule has 3 aliphatic rings. The summed E-state index contributed by atoms with van der Waals surface area (Å²) in [5.74, 6) is -2.56. The van der Waals surface area contributed by atoms with Gasteiger partial charge in [-0.25, -0.2) is 4.90 Å². The largest absolute Gasteiger partial charge is 0.437 e. The molecule has 22 heavy (non-hydrogen) atoms. The van der Waals surface area contributed by atoms with E-state index in [9.17, 15) is 22.8 Å². The molecule has 2 amide bonds. The minimum atomic E-state index is -4.74. The molecule has 1 N–H and O–H groups in total. The van der Waals surface area contributed by atoms with Crippen molar-refractivity contribution in [2.75, 3.05) is 4.90 Å². The lowest BCUT2D eigenvalue weighted by molar-refractivity contribution is -0.140. The topological polar surface area (TPSA) is 75.3 Å². The van der Waals surface area contributed by atoms with Crippen LogP contribution in [0.5, 0.6) is 0 Å². The lowest BCUT2D eigenvalue weighted by Crippen LogP contribution is -2.35. The molecular formula is C13H12F3N3O3. The van der Waals surface area contributed by atoms with E-state index in [1.807, 2.05) is 0 Å². The number of aromatic amines is 1. The predicted octanol–water partition coefficient (Wildman–Crippen LogP) is 1.40. The van der Waals surface area contributed by atoms with Crippen LogP contribution in [-0.2, 0) is 20.5 Å². The van der Waals surface area contributed by atoms with E-state index in [2.05, 4.69) is 10.2 Å². The van der Waals surface area contributed by atoms with Gasteiger partial charge in [0.1, 0.15) is 5.69 Å². The molecule has 0 radical (unpaired) electrons. The van der Waals surface area contributed by atoms with Gasteiger partial charge in [-0.3, -0.25) is 14.7 Å². The van der Waals surface area contributed by atoms with Gasteiger partial charge >= 0.3 is 6.18 Å². The van der Waals surface area contributed by atoms with E-state index >= 15 is 0 Å². The third kappa shape index (κ3) is 1.57. The van der Waals surface area contributed by atoms with Crippen LogP contribution in [0.4, 0.5) is 18.9 Å². The van der Waals surface area contributed by atoms with Gasteiger partial charge in [0.2, 0.25) is 11.8 Å². The van der Waals surface area contributed by atoms with Crippen molar-refractivity contribution in [3.05, 3.63) is 11.4 Å². The summed E-state index contributed by atoms with van der Waals surface area (Å²) in [7, 11) is 0. The van der Waals surface area contributed by atoms with Crippen molar-refractivity contribution in [1.82, 2.24) is 10.2 Å². The molecule has 118 valence electrons. The average Bonchev–Trinajstić information content (AvgIpc) is 3.14. The lowest BCUT2D eigenvalue weighted by atomic mass is 9.81. The number of rotatable bonds is 1. The van der Waals surface area contributed by atoms with Crippen LogP contribution in [0.15, 0.2) is 0 Å². The van der Waals surface area contributed by atoms with Crippen molar-refractivity contribution in [2.24, 2.45) is 11.8 Å². The first-order chi connectivity index (χ1) is 10.3. The van der Waals surface area contributed by atoms with Crippen LogP contribution < -0.4 is 4.90 Å². The van der Waals surface area contributed by atoms with Crippen LogP contribution in [0, 0.1) is 18.8 Å². The van der Waals surface area contributed by atoms with Crippen LogP contribution in [-0.4, -0.2) is 34.2 Å². The van der Waals surface area contributed by atoms with Crippen LogP contribution in [0.3, 0.4) is 0 Å². The zero-order valence-electron chi connectivity index (χ0n) is 11.5. The van der Waals surface area contributed by atoms with Gasteiger partial charge in [-0.15, -0.1) is 0 Å². The molecule has 1 aromatic rings. The van der Waals surface area contributed by atoms with Gasteiger partial charge < -0.3 is 4.74 Å². The number of carbonyl (C=O) groups is 2. The van der Waals surface area contributed by atoms with Gasteiger partial charge in [0.05, 0.1) is 29.7 Å². The number of hydrogen-bond acceptors (Lipinski definition) is 4. The Bertz CT molecular complexity index is 656. The van der Waals surface area contributed by atoms with E-state index < -0.39 is 41.2 Å². The number of aryl methyl sites for hydroxylation is 1. The molecule has 0 aromatic carbocycles. The molecule has 3 aliphatic heterocycles. The second kappa shape index (κ2) is 4.09. The molecule has 3 saturated heterocycles. The van der Waals surface area contributed by atoms with E-state index in [1.54, 1.807) is 0 Å². The third-order valence-electron chi connectivity index (χ3n) is 4.69. The molecule has 4 heterocycles. The second-order valence-electron chi connectivity index (χ2n) is 5.90. The molecule has 4 atom stereocenters. The molecule has 9 heteroatoms. The van der Waals surface area contributed by atoms with Gasteiger partial charge in [-0.2, -0.15) is 18.3 Å². The number of hydrogen-bond donors (Lipinski definition) is 1. The quantitative estimate of drug-likeness (QED) is 0.795. The number of aromatic nitrogens is 2.